The minimum absolute atomic E-state index is 0.563. The largest absolute Gasteiger partial charge is 0.497 e. The standard InChI is InChI=1S/C16H16N2O3/c1-20-11-6-7-14(21-2)12(9-11)16(19)13-10-18-8-4-3-5-15(18)17-13/h3-10,16,19H,1-2H3. The number of rotatable bonds is 4. The van der Waals surface area contributed by atoms with Gasteiger partial charge in [0.25, 0.3) is 0 Å². The van der Waals surface area contributed by atoms with Gasteiger partial charge in [-0.15, -0.1) is 0 Å². The Morgan fingerprint density at radius 3 is 2.71 bits per heavy atom. The van der Waals surface area contributed by atoms with Crippen LogP contribution < -0.4 is 9.47 Å². The van der Waals surface area contributed by atoms with Crippen LogP contribution in [-0.4, -0.2) is 28.7 Å². The molecular formula is C16H16N2O3. The van der Waals surface area contributed by atoms with Gasteiger partial charge < -0.3 is 19.0 Å². The zero-order chi connectivity index (χ0) is 14.8. The van der Waals surface area contributed by atoms with Crippen LogP contribution in [-0.2, 0) is 0 Å². The third-order valence-electron chi connectivity index (χ3n) is 3.39. The summed E-state index contributed by atoms with van der Waals surface area (Å²) in [4.78, 5) is 4.44. The van der Waals surface area contributed by atoms with Crippen molar-refractivity contribution in [1.29, 1.82) is 0 Å². The van der Waals surface area contributed by atoms with Gasteiger partial charge in [0, 0.05) is 18.0 Å². The van der Waals surface area contributed by atoms with Gasteiger partial charge in [0.1, 0.15) is 23.3 Å². The van der Waals surface area contributed by atoms with Gasteiger partial charge in [-0.1, -0.05) is 6.07 Å². The molecule has 21 heavy (non-hydrogen) atoms. The Bertz CT molecular complexity index is 734. The predicted octanol–water partition coefficient (Wildman–Crippen LogP) is 2.43. The van der Waals surface area contributed by atoms with E-state index < -0.39 is 6.10 Å². The van der Waals surface area contributed by atoms with Crippen molar-refractivity contribution in [1.82, 2.24) is 9.38 Å². The number of hydrogen-bond acceptors (Lipinski definition) is 4. The first-order valence-electron chi connectivity index (χ1n) is 6.56. The van der Waals surface area contributed by atoms with Crippen LogP contribution in [0.2, 0.25) is 0 Å². The third kappa shape index (κ3) is 2.43. The molecule has 5 heteroatoms. The van der Waals surface area contributed by atoms with Crippen LogP contribution in [0.4, 0.5) is 0 Å². The molecule has 3 rings (SSSR count). The van der Waals surface area contributed by atoms with Crippen LogP contribution in [0, 0.1) is 0 Å². The van der Waals surface area contributed by atoms with Crippen molar-refractivity contribution >= 4 is 5.65 Å². The van der Waals surface area contributed by atoms with E-state index >= 15 is 0 Å². The van der Waals surface area contributed by atoms with E-state index in [1.807, 2.05) is 28.8 Å². The summed E-state index contributed by atoms with van der Waals surface area (Å²) in [5.74, 6) is 1.26. The van der Waals surface area contributed by atoms with E-state index in [9.17, 15) is 5.11 Å². The van der Waals surface area contributed by atoms with E-state index in [1.54, 1.807) is 38.6 Å². The normalized spacial score (nSPS) is 12.3. The second-order valence-corrected chi connectivity index (χ2v) is 4.64. The summed E-state index contributed by atoms with van der Waals surface area (Å²) in [6, 6.07) is 11.0. The summed E-state index contributed by atoms with van der Waals surface area (Å²) in [5, 5.41) is 10.6. The Morgan fingerprint density at radius 1 is 1.14 bits per heavy atom. The fraction of sp³-hybridized carbons (Fsp3) is 0.188. The van der Waals surface area contributed by atoms with Crippen molar-refractivity contribution in [3.8, 4) is 11.5 Å². The van der Waals surface area contributed by atoms with Gasteiger partial charge in [-0.25, -0.2) is 4.98 Å². The molecule has 108 valence electrons. The van der Waals surface area contributed by atoms with E-state index in [-0.39, 0.29) is 0 Å². The van der Waals surface area contributed by atoms with Gasteiger partial charge in [0.2, 0.25) is 0 Å². The molecule has 1 aromatic carbocycles. The van der Waals surface area contributed by atoms with Crippen molar-refractivity contribution < 1.29 is 14.6 Å². The Labute approximate surface area is 122 Å². The molecule has 0 bridgehead atoms. The average Bonchev–Trinajstić information content (AvgIpc) is 2.97. The molecule has 0 fully saturated rings. The average molecular weight is 284 g/mol. The summed E-state index contributed by atoms with van der Waals surface area (Å²) < 4.78 is 12.4. The number of hydrogen-bond donors (Lipinski definition) is 1. The maximum absolute atomic E-state index is 10.6. The number of ether oxygens (including phenoxy) is 2. The first kappa shape index (κ1) is 13.5. The molecule has 0 aliphatic heterocycles. The van der Waals surface area contributed by atoms with Crippen molar-refractivity contribution in [2.24, 2.45) is 0 Å². The fourth-order valence-corrected chi connectivity index (χ4v) is 2.30. The first-order chi connectivity index (χ1) is 10.2. The van der Waals surface area contributed by atoms with E-state index in [0.717, 1.165) is 5.65 Å². The number of aromatic nitrogens is 2. The number of nitrogens with zero attached hydrogens (tertiary/aromatic N) is 2. The quantitative estimate of drug-likeness (QED) is 0.799. The molecule has 0 saturated heterocycles. The van der Waals surface area contributed by atoms with Crippen molar-refractivity contribution in [3.05, 3.63) is 60.0 Å². The Balaban J connectivity index is 2.06. The second kappa shape index (κ2) is 5.46. The van der Waals surface area contributed by atoms with Crippen LogP contribution in [0.3, 0.4) is 0 Å². The van der Waals surface area contributed by atoms with E-state index in [4.69, 9.17) is 9.47 Å². The Kier molecular flexibility index (Phi) is 3.50. The monoisotopic (exact) mass is 284 g/mol. The van der Waals surface area contributed by atoms with Gasteiger partial charge in [0.05, 0.1) is 19.9 Å². The summed E-state index contributed by atoms with van der Waals surface area (Å²) in [5.41, 5.74) is 1.97. The Morgan fingerprint density at radius 2 is 2.00 bits per heavy atom. The first-order valence-corrected chi connectivity index (χ1v) is 6.56. The molecule has 0 aliphatic rings. The molecular weight excluding hydrogens is 268 g/mol. The van der Waals surface area contributed by atoms with Crippen LogP contribution in [0.25, 0.3) is 5.65 Å². The van der Waals surface area contributed by atoms with E-state index in [2.05, 4.69) is 4.98 Å². The highest BCUT2D eigenvalue weighted by Crippen LogP contribution is 2.32. The summed E-state index contributed by atoms with van der Waals surface area (Å²) in [6.07, 6.45) is 2.82. The number of methoxy groups -OCH3 is 2. The van der Waals surface area contributed by atoms with Gasteiger partial charge in [-0.05, 0) is 30.3 Å². The number of imidazole rings is 1. The molecule has 2 heterocycles. The summed E-state index contributed by atoms with van der Waals surface area (Å²) >= 11 is 0. The summed E-state index contributed by atoms with van der Waals surface area (Å²) in [6.45, 7) is 0. The molecule has 1 atom stereocenters. The molecule has 0 amide bonds. The Hall–Kier alpha value is -2.53. The highest BCUT2D eigenvalue weighted by Gasteiger charge is 2.19. The molecule has 0 spiro atoms. The van der Waals surface area contributed by atoms with Crippen LogP contribution in [0.1, 0.15) is 17.4 Å². The number of aliphatic hydroxyl groups is 1. The van der Waals surface area contributed by atoms with E-state index in [1.165, 1.54) is 0 Å². The van der Waals surface area contributed by atoms with Crippen LogP contribution >= 0.6 is 0 Å². The SMILES string of the molecule is COc1ccc(OC)c(C(O)c2cn3ccccc3n2)c1. The lowest BCUT2D eigenvalue weighted by molar-refractivity contribution is 0.210. The molecule has 0 saturated carbocycles. The summed E-state index contributed by atoms with van der Waals surface area (Å²) in [7, 11) is 3.16. The van der Waals surface area contributed by atoms with Crippen molar-refractivity contribution in [2.45, 2.75) is 6.10 Å². The topological polar surface area (TPSA) is 56.0 Å². The molecule has 1 unspecified atom stereocenters. The third-order valence-corrected chi connectivity index (χ3v) is 3.39. The predicted molar refractivity (Wildman–Crippen MR) is 78.8 cm³/mol. The maximum Gasteiger partial charge on any atom is 0.137 e. The van der Waals surface area contributed by atoms with Crippen LogP contribution in [0.5, 0.6) is 11.5 Å². The van der Waals surface area contributed by atoms with Gasteiger partial charge >= 0.3 is 0 Å². The molecule has 1 N–H and O–H groups in total. The minimum Gasteiger partial charge on any atom is -0.497 e. The molecule has 0 aliphatic carbocycles. The smallest absolute Gasteiger partial charge is 0.137 e. The zero-order valence-electron chi connectivity index (χ0n) is 11.9. The van der Waals surface area contributed by atoms with Crippen molar-refractivity contribution in [2.75, 3.05) is 14.2 Å². The molecule has 5 nitrogen and oxygen atoms in total. The molecule has 2 aromatic heterocycles. The van der Waals surface area contributed by atoms with Gasteiger partial charge in [-0.2, -0.15) is 0 Å². The minimum atomic E-state index is -0.880. The number of benzene rings is 1. The van der Waals surface area contributed by atoms with Gasteiger partial charge in [-0.3, -0.25) is 0 Å². The molecule has 3 aromatic rings. The lowest BCUT2D eigenvalue weighted by atomic mass is 10.1. The molecule has 0 radical (unpaired) electrons. The zero-order valence-corrected chi connectivity index (χ0v) is 11.9. The highest BCUT2D eigenvalue weighted by molar-refractivity contribution is 5.46. The highest BCUT2D eigenvalue weighted by atomic mass is 16.5. The van der Waals surface area contributed by atoms with Crippen LogP contribution in [0.15, 0.2) is 48.8 Å². The van der Waals surface area contributed by atoms with Crippen molar-refractivity contribution in [3.63, 3.8) is 0 Å². The lowest BCUT2D eigenvalue weighted by Crippen LogP contribution is -2.03. The number of fused-ring (bicyclic) bond motifs is 1. The lowest BCUT2D eigenvalue weighted by Gasteiger charge is -2.14. The maximum atomic E-state index is 10.6. The second-order valence-electron chi connectivity index (χ2n) is 4.64. The van der Waals surface area contributed by atoms with Gasteiger partial charge in [0.15, 0.2) is 0 Å². The fourth-order valence-electron chi connectivity index (χ4n) is 2.30. The number of pyridine rings is 1. The number of aliphatic hydroxyl groups excluding tert-OH is 1. The van der Waals surface area contributed by atoms with E-state index in [0.29, 0.717) is 22.8 Å².